The molecule has 1 aromatic heterocycles. The molecule has 1 atom stereocenters. The van der Waals surface area contributed by atoms with Crippen LogP contribution in [0.3, 0.4) is 0 Å². The largest absolute Gasteiger partial charge is 0.372 e. The van der Waals surface area contributed by atoms with Gasteiger partial charge in [0.2, 0.25) is 0 Å². The average molecular weight is 260 g/mol. The van der Waals surface area contributed by atoms with Crippen molar-refractivity contribution in [2.45, 2.75) is 19.1 Å². The van der Waals surface area contributed by atoms with E-state index in [1.54, 1.807) is 11.3 Å². The van der Waals surface area contributed by atoms with Crippen molar-refractivity contribution in [2.24, 2.45) is 0 Å². The fraction of sp³-hybridized carbons (Fsp3) is 0.357. The summed E-state index contributed by atoms with van der Waals surface area (Å²) in [4.78, 5) is 5.33. The van der Waals surface area contributed by atoms with Crippen LogP contribution in [0.1, 0.15) is 22.1 Å². The molecule has 1 aliphatic rings. The van der Waals surface area contributed by atoms with Crippen LogP contribution in [-0.4, -0.2) is 18.1 Å². The quantitative estimate of drug-likeness (QED) is 0.917. The normalized spacial score (nSPS) is 18.6. The monoisotopic (exact) mass is 260 g/mol. The Morgan fingerprint density at radius 3 is 3.22 bits per heavy atom. The first-order valence-electron chi connectivity index (χ1n) is 6.21. The second-order valence-electron chi connectivity index (χ2n) is 4.41. The lowest BCUT2D eigenvalue weighted by Gasteiger charge is -2.26. The number of hydrogen-bond donors (Lipinski definition) is 1. The molecule has 0 bridgehead atoms. The standard InChI is InChI=1S/C14H16N2OS/c1-2-4-13-11(3-1)5-6-17-14(13)9-15-7-12-8-16-10-18-12/h1-4,8,10,14-15H,5-7,9H2. The van der Waals surface area contributed by atoms with Crippen molar-refractivity contribution < 1.29 is 4.74 Å². The van der Waals surface area contributed by atoms with Gasteiger partial charge in [0.1, 0.15) is 0 Å². The number of ether oxygens (including phenoxy) is 1. The number of hydrogen-bond acceptors (Lipinski definition) is 4. The summed E-state index contributed by atoms with van der Waals surface area (Å²) in [6.07, 6.45) is 3.12. The number of rotatable bonds is 4. The summed E-state index contributed by atoms with van der Waals surface area (Å²) < 4.78 is 5.85. The molecule has 1 unspecified atom stereocenters. The van der Waals surface area contributed by atoms with Gasteiger partial charge >= 0.3 is 0 Å². The van der Waals surface area contributed by atoms with Crippen molar-refractivity contribution in [3.63, 3.8) is 0 Å². The van der Waals surface area contributed by atoms with Crippen LogP contribution in [0.15, 0.2) is 36.0 Å². The van der Waals surface area contributed by atoms with E-state index in [0.717, 1.165) is 26.1 Å². The summed E-state index contributed by atoms with van der Waals surface area (Å²) >= 11 is 1.68. The van der Waals surface area contributed by atoms with Gasteiger partial charge in [0.05, 0.1) is 18.2 Å². The van der Waals surface area contributed by atoms with E-state index in [0.29, 0.717) is 0 Å². The van der Waals surface area contributed by atoms with E-state index in [-0.39, 0.29) is 6.10 Å². The number of benzene rings is 1. The van der Waals surface area contributed by atoms with E-state index in [2.05, 4.69) is 34.6 Å². The molecule has 2 heterocycles. The van der Waals surface area contributed by atoms with Gasteiger partial charge in [-0.3, -0.25) is 4.98 Å². The summed E-state index contributed by atoms with van der Waals surface area (Å²) in [5.74, 6) is 0. The number of nitrogens with one attached hydrogen (secondary N) is 1. The van der Waals surface area contributed by atoms with Crippen molar-refractivity contribution in [3.8, 4) is 0 Å². The third-order valence-corrected chi connectivity index (χ3v) is 3.98. The Morgan fingerprint density at radius 2 is 2.33 bits per heavy atom. The number of fused-ring (bicyclic) bond motifs is 1. The molecule has 3 nitrogen and oxygen atoms in total. The fourth-order valence-corrected chi connectivity index (χ4v) is 2.87. The average Bonchev–Trinajstić information content (AvgIpc) is 2.92. The van der Waals surface area contributed by atoms with E-state index in [1.807, 2.05) is 11.7 Å². The van der Waals surface area contributed by atoms with E-state index in [4.69, 9.17) is 4.74 Å². The molecule has 4 heteroatoms. The third kappa shape index (κ3) is 2.61. The van der Waals surface area contributed by atoms with Gasteiger partial charge in [0.15, 0.2) is 0 Å². The van der Waals surface area contributed by atoms with E-state index in [9.17, 15) is 0 Å². The van der Waals surface area contributed by atoms with E-state index < -0.39 is 0 Å². The van der Waals surface area contributed by atoms with Gasteiger partial charge in [0, 0.05) is 24.2 Å². The Balaban J connectivity index is 1.60. The van der Waals surface area contributed by atoms with Gasteiger partial charge in [-0.1, -0.05) is 24.3 Å². The number of nitrogens with zero attached hydrogens (tertiary/aromatic N) is 1. The minimum absolute atomic E-state index is 0.183. The first-order chi connectivity index (χ1) is 8.93. The molecule has 0 fully saturated rings. The second-order valence-corrected chi connectivity index (χ2v) is 5.38. The highest BCUT2D eigenvalue weighted by Gasteiger charge is 2.19. The predicted molar refractivity (Wildman–Crippen MR) is 72.7 cm³/mol. The van der Waals surface area contributed by atoms with Gasteiger partial charge in [-0.05, 0) is 17.5 Å². The maximum Gasteiger partial charge on any atom is 0.0952 e. The van der Waals surface area contributed by atoms with Crippen molar-refractivity contribution in [3.05, 3.63) is 52.0 Å². The summed E-state index contributed by atoms with van der Waals surface area (Å²) in [7, 11) is 0. The summed E-state index contributed by atoms with van der Waals surface area (Å²) in [6.45, 7) is 2.55. The highest BCUT2D eigenvalue weighted by atomic mass is 32.1. The minimum Gasteiger partial charge on any atom is -0.372 e. The molecule has 94 valence electrons. The zero-order valence-corrected chi connectivity index (χ0v) is 11.0. The lowest BCUT2D eigenvalue weighted by molar-refractivity contribution is 0.0424. The van der Waals surface area contributed by atoms with E-state index in [1.165, 1.54) is 16.0 Å². The molecular weight excluding hydrogens is 244 g/mol. The molecule has 1 aromatic carbocycles. The number of aromatic nitrogens is 1. The van der Waals surface area contributed by atoms with Gasteiger partial charge in [-0.15, -0.1) is 11.3 Å². The molecule has 0 saturated carbocycles. The Morgan fingerprint density at radius 1 is 1.39 bits per heavy atom. The number of thiazole rings is 1. The van der Waals surface area contributed by atoms with Gasteiger partial charge in [-0.2, -0.15) is 0 Å². The molecule has 0 radical (unpaired) electrons. The van der Waals surface area contributed by atoms with Crippen molar-refractivity contribution >= 4 is 11.3 Å². The minimum atomic E-state index is 0.183. The summed E-state index contributed by atoms with van der Waals surface area (Å²) in [5, 5.41) is 3.44. The van der Waals surface area contributed by atoms with Crippen LogP contribution in [0.25, 0.3) is 0 Å². The molecule has 2 aromatic rings. The molecule has 18 heavy (non-hydrogen) atoms. The predicted octanol–water partition coefficient (Wildman–Crippen LogP) is 2.55. The van der Waals surface area contributed by atoms with Crippen LogP contribution in [0.2, 0.25) is 0 Å². The molecule has 3 rings (SSSR count). The van der Waals surface area contributed by atoms with Crippen molar-refractivity contribution in [2.75, 3.05) is 13.2 Å². The van der Waals surface area contributed by atoms with Crippen molar-refractivity contribution in [1.82, 2.24) is 10.3 Å². The lowest BCUT2D eigenvalue weighted by atomic mass is 9.97. The highest BCUT2D eigenvalue weighted by Crippen LogP contribution is 2.26. The van der Waals surface area contributed by atoms with Crippen LogP contribution in [0, 0.1) is 0 Å². The molecule has 0 aliphatic carbocycles. The summed E-state index contributed by atoms with van der Waals surface area (Å²) in [5.41, 5.74) is 4.62. The Kier molecular flexibility index (Phi) is 3.69. The Hall–Kier alpha value is -1.23. The third-order valence-electron chi connectivity index (χ3n) is 3.20. The Labute approximate surface area is 111 Å². The zero-order valence-electron chi connectivity index (χ0n) is 10.1. The first-order valence-corrected chi connectivity index (χ1v) is 7.09. The van der Waals surface area contributed by atoms with Crippen molar-refractivity contribution in [1.29, 1.82) is 0 Å². The Bertz CT molecular complexity index is 498. The van der Waals surface area contributed by atoms with Crippen LogP contribution in [0.4, 0.5) is 0 Å². The van der Waals surface area contributed by atoms with Crippen LogP contribution < -0.4 is 5.32 Å². The maximum absolute atomic E-state index is 5.85. The topological polar surface area (TPSA) is 34.1 Å². The molecule has 0 spiro atoms. The maximum atomic E-state index is 5.85. The molecule has 1 aliphatic heterocycles. The fourth-order valence-electron chi connectivity index (χ4n) is 2.30. The highest BCUT2D eigenvalue weighted by molar-refractivity contribution is 7.09. The summed E-state index contributed by atoms with van der Waals surface area (Å²) in [6, 6.07) is 8.57. The van der Waals surface area contributed by atoms with Gasteiger partial charge < -0.3 is 10.1 Å². The molecular formula is C14H16N2OS. The molecule has 0 amide bonds. The van der Waals surface area contributed by atoms with Gasteiger partial charge in [0.25, 0.3) is 0 Å². The lowest BCUT2D eigenvalue weighted by Crippen LogP contribution is -2.27. The smallest absolute Gasteiger partial charge is 0.0952 e. The molecule has 0 saturated heterocycles. The van der Waals surface area contributed by atoms with Gasteiger partial charge in [-0.25, -0.2) is 0 Å². The zero-order chi connectivity index (χ0) is 12.2. The second kappa shape index (κ2) is 5.61. The van der Waals surface area contributed by atoms with Crippen LogP contribution in [0.5, 0.6) is 0 Å². The SMILES string of the molecule is c1ccc2c(c1)CCOC2CNCc1cncs1. The van der Waals surface area contributed by atoms with E-state index >= 15 is 0 Å². The van der Waals surface area contributed by atoms with Crippen LogP contribution in [-0.2, 0) is 17.7 Å². The first kappa shape index (κ1) is 11.8. The molecule has 1 N–H and O–H groups in total. The van der Waals surface area contributed by atoms with Crippen LogP contribution >= 0.6 is 11.3 Å².